The summed E-state index contributed by atoms with van der Waals surface area (Å²) in [4.78, 5) is 0. The van der Waals surface area contributed by atoms with Crippen molar-refractivity contribution in [2.75, 3.05) is 7.11 Å². The van der Waals surface area contributed by atoms with Crippen LogP contribution in [0.5, 0.6) is 5.75 Å². The van der Waals surface area contributed by atoms with E-state index in [-0.39, 0.29) is 0 Å². The summed E-state index contributed by atoms with van der Waals surface area (Å²) in [5.74, 6) is 1.04. The fourth-order valence-electron chi connectivity index (χ4n) is 0.785. The molecule has 138 valence electrons. The number of methoxy groups -OCH3 is 1. The first kappa shape index (κ1) is 28.8. The summed E-state index contributed by atoms with van der Waals surface area (Å²) < 4.78 is 123. The Bertz CT molecular complexity index is 387. The Morgan fingerprint density at radius 1 is 0.667 bits per heavy atom. The van der Waals surface area contributed by atoms with E-state index in [1.165, 1.54) is -0.342 Å². The van der Waals surface area contributed by atoms with E-state index in [9.17, 15) is 51.8 Å². The molecule has 0 atom stereocenters. The van der Waals surface area contributed by atoms with Crippen molar-refractivity contribution < 1.29 is 56.5 Å². The van der Waals surface area contributed by atoms with Crippen LogP contribution in [-0.2, 0) is 0 Å². The van der Waals surface area contributed by atoms with E-state index in [0.717, 1.165) is 54.7 Å². The molecule has 0 heterocycles. The second-order valence-electron chi connectivity index (χ2n) is 3.45. The van der Waals surface area contributed by atoms with E-state index in [2.05, 4.69) is 6.07 Å². The van der Waals surface area contributed by atoms with E-state index in [4.69, 9.17) is 4.74 Å². The van der Waals surface area contributed by atoms with Gasteiger partial charge >= 0.3 is 112 Å². The maximum atomic E-state index is 9.75. The molecule has 1 aromatic carbocycles. The van der Waals surface area contributed by atoms with E-state index >= 15 is 0 Å². The molecule has 1 nitrogen and oxygen atoms in total. The fourth-order valence-corrected chi connectivity index (χ4v) is 1.66. The first-order valence-electron chi connectivity index (χ1n) is 5.56. The Balaban J connectivity index is -0.000000259. The first-order chi connectivity index (χ1) is 10.3. The largest absolute Gasteiger partial charge is 0.673 e. The van der Waals surface area contributed by atoms with Gasteiger partial charge in [0.15, 0.2) is 0 Å². The number of ether oxygens (including phenoxy) is 1. The SMILES string of the molecule is COc1cccc[c]1[K].F[B-](F)(F)F.F[B-](F)(F)F.F[B-](F)(F)F. The summed E-state index contributed by atoms with van der Waals surface area (Å²) in [5.41, 5.74) is 0. The van der Waals surface area contributed by atoms with Gasteiger partial charge in [0.05, 0.1) is 0 Å². The zero-order valence-corrected chi connectivity index (χ0v) is 15.1. The molecule has 0 aliphatic heterocycles. The molecule has 1 aromatic rings. The van der Waals surface area contributed by atoms with Crippen molar-refractivity contribution in [1.29, 1.82) is 0 Å². The number of rotatable bonds is 1. The Labute approximate surface area is 163 Å². The molecule has 0 radical (unpaired) electrons. The second kappa shape index (κ2) is 13.2. The third kappa shape index (κ3) is 57.4. The molecule has 0 saturated heterocycles. The van der Waals surface area contributed by atoms with Crippen LogP contribution >= 0.6 is 0 Å². The smallest absolute Gasteiger partial charge is 0.418 e. The average molecular weight is 407 g/mol. The molecule has 0 fully saturated rings. The fraction of sp³-hybridized carbons (Fsp3) is 0.143. The van der Waals surface area contributed by atoms with Crippen molar-refractivity contribution in [3.05, 3.63) is 24.3 Å². The summed E-state index contributed by atoms with van der Waals surface area (Å²) >= 11 is 0.722. The van der Waals surface area contributed by atoms with Crippen LogP contribution in [0, 0.1) is 0 Å². The van der Waals surface area contributed by atoms with Crippen molar-refractivity contribution in [2.45, 2.75) is 0 Å². The summed E-state index contributed by atoms with van der Waals surface area (Å²) in [6.07, 6.45) is 0. The molecule has 0 aliphatic rings. The minimum Gasteiger partial charge on any atom is -0.418 e. The topological polar surface area (TPSA) is 9.23 Å². The standard InChI is InChI=1S/C7H7O.3BF4.K/c1-8-7-5-3-2-4-6-7;3*2-1(3,4)5;/h2-5H,1H3;;;;/q;3*-1;. The Kier molecular flexibility index (Phi) is 15.9. The van der Waals surface area contributed by atoms with Crippen molar-refractivity contribution in [3.8, 4) is 5.75 Å². The molecule has 0 bridgehead atoms. The van der Waals surface area contributed by atoms with Gasteiger partial charge in [-0.3, -0.25) is 0 Å². The zero-order valence-electron chi connectivity index (χ0n) is 12.0. The molecular formula is C7H7B3F12KO-3. The number of hydrogen-bond acceptors (Lipinski definition) is 1. The molecule has 0 amide bonds. The van der Waals surface area contributed by atoms with Gasteiger partial charge in [-0.1, -0.05) is 0 Å². The molecule has 0 saturated carbocycles. The summed E-state index contributed by atoms with van der Waals surface area (Å²) in [5, 5.41) is 0. The molecule has 0 spiro atoms. The van der Waals surface area contributed by atoms with Gasteiger partial charge in [0.1, 0.15) is 0 Å². The number of benzene rings is 1. The van der Waals surface area contributed by atoms with Gasteiger partial charge < -0.3 is 51.8 Å². The summed E-state index contributed by atoms with van der Waals surface area (Å²) in [6.45, 7) is 0. The average Bonchev–Trinajstić information content (AvgIpc) is 2.22. The molecule has 0 aliphatic carbocycles. The molecule has 1 rings (SSSR count). The second-order valence-corrected chi connectivity index (χ2v) is 5.14. The molecule has 0 aromatic heterocycles. The van der Waals surface area contributed by atoms with Crippen molar-refractivity contribution >= 4 is 70.4 Å². The van der Waals surface area contributed by atoms with Gasteiger partial charge in [-0.2, -0.15) is 0 Å². The minimum atomic E-state index is -6.00. The molecule has 0 N–H and O–H groups in total. The van der Waals surface area contributed by atoms with Crippen LogP contribution in [0.15, 0.2) is 24.3 Å². The van der Waals surface area contributed by atoms with Crippen LogP contribution in [0.1, 0.15) is 0 Å². The third-order valence-electron chi connectivity index (χ3n) is 1.31. The molecular weight excluding hydrogens is 400 g/mol. The third-order valence-corrected chi connectivity index (χ3v) is 2.60. The quantitative estimate of drug-likeness (QED) is 0.496. The Hall–Kier alpha value is 0.0112. The number of para-hydroxylation sites is 1. The Morgan fingerprint density at radius 3 is 1.08 bits per heavy atom. The van der Waals surface area contributed by atoms with Gasteiger partial charge in [-0.15, -0.1) is 0 Å². The van der Waals surface area contributed by atoms with Crippen molar-refractivity contribution in [2.24, 2.45) is 0 Å². The van der Waals surface area contributed by atoms with Gasteiger partial charge in [0.2, 0.25) is 0 Å². The van der Waals surface area contributed by atoms with Crippen LogP contribution in [0.25, 0.3) is 0 Å². The number of hydrogen-bond donors (Lipinski definition) is 0. The van der Waals surface area contributed by atoms with Crippen molar-refractivity contribution in [1.82, 2.24) is 0 Å². The molecule has 17 heteroatoms. The van der Waals surface area contributed by atoms with E-state index < -0.39 is 21.8 Å². The number of halogens is 12. The van der Waals surface area contributed by atoms with E-state index in [1.54, 1.807) is 7.11 Å². The minimum absolute atomic E-state index is 0.722. The van der Waals surface area contributed by atoms with E-state index in [1.807, 2.05) is 18.2 Å². The molecule has 24 heavy (non-hydrogen) atoms. The van der Waals surface area contributed by atoms with Crippen LogP contribution in [-0.4, -0.2) is 77.8 Å². The predicted octanol–water partition coefficient (Wildman–Crippen LogP) is 4.39. The normalized spacial score (nSPS) is 11.0. The van der Waals surface area contributed by atoms with Gasteiger partial charge in [-0.25, -0.2) is 0 Å². The maximum Gasteiger partial charge on any atom is 0.673 e. The summed E-state index contributed by atoms with van der Waals surface area (Å²) in [6, 6.07) is 8.15. The molecule has 0 unspecified atom stereocenters. The first-order valence-corrected chi connectivity index (χ1v) is 7.12. The zero-order chi connectivity index (χ0) is 20.2. The van der Waals surface area contributed by atoms with Crippen LogP contribution in [0.4, 0.5) is 51.8 Å². The summed E-state index contributed by atoms with van der Waals surface area (Å²) in [7, 11) is -16.3. The van der Waals surface area contributed by atoms with Crippen molar-refractivity contribution in [3.63, 3.8) is 0 Å². The van der Waals surface area contributed by atoms with Gasteiger partial charge in [0.25, 0.3) is 0 Å². The Morgan fingerprint density at radius 2 is 0.917 bits per heavy atom. The van der Waals surface area contributed by atoms with Crippen LogP contribution in [0.3, 0.4) is 0 Å². The maximum absolute atomic E-state index is 9.75. The van der Waals surface area contributed by atoms with Gasteiger partial charge in [-0.05, 0) is 0 Å². The van der Waals surface area contributed by atoms with E-state index in [0.29, 0.717) is 0 Å². The monoisotopic (exact) mass is 407 g/mol. The van der Waals surface area contributed by atoms with Crippen LogP contribution in [0.2, 0.25) is 0 Å². The predicted molar refractivity (Wildman–Crippen MR) is 68.9 cm³/mol. The van der Waals surface area contributed by atoms with Crippen LogP contribution < -0.4 is 4.39 Å². The van der Waals surface area contributed by atoms with Gasteiger partial charge in [0, 0.05) is 0 Å².